The summed E-state index contributed by atoms with van der Waals surface area (Å²) in [5.74, 6) is -0.791. The molecule has 0 aliphatic heterocycles. The smallest absolute Gasteiger partial charge is 0.343 e. The van der Waals surface area contributed by atoms with Gasteiger partial charge in [-0.25, -0.2) is 14.8 Å². The largest absolute Gasteiger partial charge is 0.462 e. The molecule has 2 rings (SSSR count). The maximum Gasteiger partial charge on any atom is 0.343 e. The lowest BCUT2D eigenvalue weighted by Crippen LogP contribution is -2.20. The molecule has 0 fully saturated rings. The normalized spacial score (nSPS) is 11.2. The van der Waals surface area contributed by atoms with E-state index in [0.29, 0.717) is 18.5 Å². The van der Waals surface area contributed by atoms with E-state index in [1.165, 1.54) is 6.33 Å². The van der Waals surface area contributed by atoms with Crippen LogP contribution in [0.25, 0.3) is 0 Å². The minimum absolute atomic E-state index is 0.0583. The van der Waals surface area contributed by atoms with Gasteiger partial charge >= 0.3 is 5.97 Å². The van der Waals surface area contributed by atoms with Crippen LogP contribution in [-0.4, -0.2) is 49.7 Å². The number of esters is 1. The fourth-order valence-corrected chi connectivity index (χ4v) is 3.09. The van der Waals surface area contributed by atoms with Gasteiger partial charge in [-0.1, -0.05) is 31.2 Å². The van der Waals surface area contributed by atoms with E-state index in [1.54, 1.807) is 31.2 Å². The third-order valence-electron chi connectivity index (χ3n) is 4.07. The van der Waals surface area contributed by atoms with Gasteiger partial charge in [0.1, 0.15) is 11.9 Å². The summed E-state index contributed by atoms with van der Waals surface area (Å²) in [4.78, 5) is 32.9. The van der Waals surface area contributed by atoms with Gasteiger partial charge in [-0.3, -0.25) is 8.98 Å². The van der Waals surface area contributed by atoms with Gasteiger partial charge in [-0.05, 0) is 30.9 Å². The summed E-state index contributed by atoms with van der Waals surface area (Å²) in [6.07, 6.45) is 3.30. The average molecular weight is 436 g/mol. The summed E-state index contributed by atoms with van der Waals surface area (Å²) in [5, 5.41) is 2.66. The number of ether oxygens (including phenoxy) is 1. The molecule has 162 valence electrons. The number of nitrogens with zero attached hydrogens (tertiary/aromatic N) is 2. The monoisotopic (exact) mass is 435 g/mol. The molecule has 0 bridgehead atoms. The standard InChI is InChI=1S/C20H25N3O6S/c1-4-16-18(20(25)28-5-2)19(22-13-21-16)23-17(24)12-15-8-6-14(7-9-15)10-11-29-30(3,26)27/h6-9,13H,4-5,10-12H2,1-3H3,(H,21,22,23,24). The number of nitrogens with one attached hydrogen (secondary N) is 1. The van der Waals surface area contributed by atoms with Gasteiger partial charge in [0.15, 0.2) is 5.82 Å². The molecule has 0 aliphatic carbocycles. The van der Waals surface area contributed by atoms with Gasteiger partial charge in [-0.15, -0.1) is 0 Å². The van der Waals surface area contributed by atoms with Crippen molar-refractivity contribution in [2.45, 2.75) is 33.1 Å². The molecular formula is C20H25N3O6S. The van der Waals surface area contributed by atoms with Gasteiger partial charge in [0.05, 0.1) is 31.6 Å². The molecule has 1 heterocycles. The first kappa shape index (κ1) is 23.4. The number of carbonyl (C=O) groups is 2. The average Bonchev–Trinajstić information content (AvgIpc) is 2.68. The molecule has 1 N–H and O–H groups in total. The summed E-state index contributed by atoms with van der Waals surface area (Å²) >= 11 is 0. The highest BCUT2D eigenvalue weighted by atomic mass is 32.2. The van der Waals surface area contributed by atoms with Crippen LogP contribution in [-0.2, 0) is 43.1 Å². The van der Waals surface area contributed by atoms with Crippen molar-refractivity contribution in [3.05, 3.63) is 53.0 Å². The molecule has 0 saturated heterocycles. The highest BCUT2D eigenvalue weighted by molar-refractivity contribution is 7.85. The lowest BCUT2D eigenvalue weighted by atomic mass is 10.1. The van der Waals surface area contributed by atoms with Crippen LogP contribution < -0.4 is 5.32 Å². The first-order valence-corrected chi connectivity index (χ1v) is 11.3. The number of aryl methyl sites for hydroxylation is 1. The van der Waals surface area contributed by atoms with E-state index < -0.39 is 16.1 Å². The van der Waals surface area contributed by atoms with E-state index in [2.05, 4.69) is 15.3 Å². The topological polar surface area (TPSA) is 125 Å². The van der Waals surface area contributed by atoms with Gasteiger partial charge in [0.25, 0.3) is 10.1 Å². The predicted octanol–water partition coefficient (Wildman–Crippen LogP) is 1.92. The summed E-state index contributed by atoms with van der Waals surface area (Å²) in [5.41, 5.74) is 2.30. The Morgan fingerprint density at radius 1 is 1.07 bits per heavy atom. The van der Waals surface area contributed by atoms with Gasteiger partial charge in [0, 0.05) is 0 Å². The SMILES string of the molecule is CCOC(=O)c1c(CC)ncnc1NC(=O)Cc1ccc(CCOS(C)(=O)=O)cc1. The Kier molecular flexibility index (Phi) is 8.43. The highest BCUT2D eigenvalue weighted by Gasteiger charge is 2.21. The van der Waals surface area contributed by atoms with Gasteiger partial charge in [-0.2, -0.15) is 8.42 Å². The van der Waals surface area contributed by atoms with E-state index >= 15 is 0 Å². The zero-order chi connectivity index (χ0) is 22.1. The lowest BCUT2D eigenvalue weighted by molar-refractivity contribution is -0.115. The molecule has 0 atom stereocenters. The molecule has 1 aromatic carbocycles. The lowest BCUT2D eigenvalue weighted by Gasteiger charge is -2.12. The molecule has 0 saturated carbocycles. The van der Waals surface area contributed by atoms with Crippen molar-refractivity contribution < 1.29 is 26.9 Å². The van der Waals surface area contributed by atoms with E-state index in [1.807, 2.05) is 6.92 Å². The fraction of sp³-hybridized carbons (Fsp3) is 0.400. The number of amides is 1. The van der Waals surface area contributed by atoms with Gasteiger partial charge < -0.3 is 10.1 Å². The van der Waals surface area contributed by atoms with Crippen LogP contribution in [0, 0.1) is 0 Å². The quantitative estimate of drug-likeness (QED) is 0.443. The van der Waals surface area contributed by atoms with Crippen molar-refractivity contribution in [1.29, 1.82) is 0 Å². The van der Waals surface area contributed by atoms with E-state index in [9.17, 15) is 18.0 Å². The van der Waals surface area contributed by atoms with Gasteiger partial charge in [0.2, 0.25) is 5.91 Å². The number of benzene rings is 1. The Morgan fingerprint density at radius 2 is 1.73 bits per heavy atom. The van der Waals surface area contributed by atoms with Crippen LogP contribution in [0.4, 0.5) is 5.82 Å². The number of aromatic nitrogens is 2. The van der Waals surface area contributed by atoms with Crippen molar-refractivity contribution >= 4 is 27.8 Å². The molecule has 2 aromatic rings. The van der Waals surface area contributed by atoms with Crippen LogP contribution in [0.15, 0.2) is 30.6 Å². The molecule has 1 aromatic heterocycles. The summed E-state index contributed by atoms with van der Waals surface area (Å²) in [6.45, 7) is 3.80. The Bertz CT molecular complexity index is 990. The second-order valence-electron chi connectivity index (χ2n) is 6.44. The zero-order valence-corrected chi connectivity index (χ0v) is 18.0. The highest BCUT2D eigenvalue weighted by Crippen LogP contribution is 2.18. The van der Waals surface area contributed by atoms with E-state index in [0.717, 1.165) is 17.4 Å². The van der Waals surface area contributed by atoms with E-state index in [4.69, 9.17) is 8.92 Å². The summed E-state index contributed by atoms with van der Waals surface area (Å²) in [6, 6.07) is 7.16. The van der Waals surface area contributed by atoms with Crippen molar-refractivity contribution in [1.82, 2.24) is 9.97 Å². The summed E-state index contributed by atoms with van der Waals surface area (Å²) in [7, 11) is -3.46. The van der Waals surface area contributed by atoms with Crippen LogP contribution >= 0.6 is 0 Å². The first-order valence-electron chi connectivity index (χ1n) is 9.46. The van der Waals surface area contributed by atoms with Crippen LogP contribution in [0.3, 0.4) is 0 Å². The molecule has 30 heavy (non-hydrogen) atoms. The second-order valence-corrected chi connectivity index (χ2v) is 8.08. The first-order chi connectivity index (χ1) is 14.2. The number of hydrogen-bond acceptors (Lipinski definition) is 8. The van der Waals surface area contributed by atoms with E-state index in [-0.39, 0.29) is 36.9 Å². The van der Waals surface area contributed by atoms with Crippen molar-refractivity contribution in [2.24, 2.45) is 0 Å². The van der Waals surface area contributed by atoms with Crippen molar-refractivity contribution in [3.63, 3.8) is 0 Å². The summed E-state index contributed by atoms with van der Waals surface area (Å²) < 4.78 is 31.7. The molecule has 10 heteroatoms. The molecule has 0 spiro atoms. The van der Waals surface area contributed by atoms with Crippen molar-refractivity contribution in [3.8, 4) is 0 Å². The minimum Gasteiger partial charge on any atom is -0.462 e. The molecule has 9 nitrogen and oxygen atoms in total. The number of hydrogen-bond donors (Lipinski definition) is 1. The zero-order valence-electron chi connectivity index (χ0n) is 17.2. The maximum atomic E-state index is 12.5. The number of rotatable bonds is 10. The minimum atomic E-state index is -3.46. The maximum absolute atomic E-state index is 12.5. The third kappa shape index (κ3) is 7.20. The van der Waals surface area contributed by atoms with Crippen molar-refractivity contribution in [2.75, 3.05) is 24.8 Å². The Hall–Kier alpha value is -2.85. The fourth-order valence-electron chi connectivity index (χ4n) is 2.70. The predicted molar refractivity (Wildman–Crippen MR) is 111 cm³/mol. The Balaban J connectivity index is 2.03. The molecule has 1 amide bonds. The number of anilines is 1. The molecular weight excluding hydrogens is 410 g/mol. The molecule has 0 radical (unpaired) electrons. The number of carbonyl (C=O) groups excluding carboxylic acids is 2. The van der Waals surface area contributed by atoms with Crippen LogP contribution in [0.1, 0.15) is 41.0 Å². The Labute approximate surface area is 176 Å². The third-order valence-corrected chi connectivity index (χ3v) is 4.67. The second kappa shape index (κ2) is 10.8. The van der Waals surface area contributed by atoms with Crippen LogP contribution in [0.2, 0.25) is 0 Å². The molecule has 0 unspecified atom stereocenters. The Morgan fingerprint density at radius 3 is 2.33 bits per heavy atom. The van der Waals surface area contributed by atoms with Crippen LogP contribution in [0.5, 0.6) is 0 Å². The molecule has 0 aliphatic rings.